The molecule has 128 valence electrons. The third-order valence-corrected chi connectivity index (χ3v) is 4.10. The van der Waals surface area contributed by atoms with Gasteiger partial charge in [-0.3, -0.25) is 9.78 Å². The van der Waals surface area contributed by atoms with E-state index in [0.29, 0.717) is 10.5 Å². The average Bonchev–Trinajstić information content (AvgIpc) is 3.11. The van der Waals surface area contributed by atoms with Gasteiger partial charge in [0.05, 0.1) is 0 Å². The summed E-state index contributed by atoms with van der Waals surface area (Å²) < 4.78 is 6.47. The van der Waals surface area contributed by atoms with Crippen LogP contribution in [-0.2, 0) is 0 Å². The van der Waals surface area contributed by atoms with Gasteiger partial charge >= 0.3 is 5.91 Å². The summed E-state index contributed by atoms with van der Waals surface area (Å²) in [6.07, 6.45) is 4.58. The molecule has 6 nitrogen and oxygen atoms in total. The van der Waals surface area contributed by atoms with Crippen LogP contribution in [0.5, 0.6) is 0 Å². The van der Waals surface area contributed by atoms with Crippen molar-refractivity contribution in [3.8, 4) is 0 Å². The number of carbonyl (C=O) groups is 1. The lowest BCUT2D eigenvalue weighted by molar-refractivity contribution is -0.607. The molecule has 3 heterocycles. The fraction of sp³-hybridized carbons (Fsp3) is 0.0500. The van der Waals surface area contributed by atoms with Gasteiger partial charge in [0.2, 0.25) is 0 Å². The number of furan rings is 1. The molecule has 3 aromatic heterocycles. The average molecular weight is 345 g/mol. The molecule has 0 bridgehead atoms. The molecule has 1 amide bonds. The fourth-order valence-corrected chi connectivity index (χ4v) is 2.83. The highest BCUT2D eigenvalue weighted by Crippen LogP contribution is 2.28. The summed E-state index contributed by atoms with van der Waals surface area (Å²) in [6, 6.07) is 17.3. The van der Waals surface area contributed by atoms with Crippen molar-refractivity contribution in [2.24, 2.45) is 0 Å². The molecule has 0 saturated carbocycles. The minimum Gasteiger partial charge on any atom is -0.618 e. The maximum atomic E-state index is 12.6. The van der Waals surface area contributed by atoms with E-state index in [9.17, 15) is 10.0 Å². The van der Waals surface area contributed by atoms with Crippen LogP contribution in [0.25, 0.3) is 11.0 Å². The summed E-state index contributed by atoms with van der Waals surface area (Å²) in [5, 5.41) is 15.7. The Bertz CT molecular complexity index is 1030. The van der Waals surface area contributed by atoms with Crippen molar-refractivity contribution >= 4 is 16.9 Å². The number of fused-ring (bicyclic) bond motifs is 1. The van der Waals surface area contributed by atoms with E-state index in [4.69, 9.17) is 4.42 Å². The summed E-state index contributed by atoms with van der Waals surface area (Å²) in [4.78, 5) is 16.7. The SMILES string of the molecule is O=C(N[C@H](c1ccncc1)c1cc2ccccc2o1)c1cccc[n+]1[O-]. The molecule has 0 aliphatic carbocycles. The van der Waals surface area contributed by atoms with Crippen LogP contribution in [0.2, 0.25) is 0 Å². The maximum Gasteiger partial charge on any atom is 0.318 e. The Morgan fingerprint density at radius 1 is 1.08 bits per heavy atom. The van der Waals surface area contributed by atoms with E-state index in [1.807, 2.05) is 30.3 Å². The van der Waals surface area contributed by atoms with E-state index in [-0.39, 0.29) is 5.69 Å². The van der Waals surface area contributed by atoms with Gasteiger partial charge in [0.15, 0.2) is 6.20 Å². The van der Waals surface area contributed by atoms with Gasteiger partial charge in [-0.1, -0.05) is 18.2 Å². The molecule has 0 aliphatic heterocycles. The molecule has 0 saturated heterocycles. The Hall–Kier alpha value is -3.67. The lowest BCUT2D eigenvalue weighted by atomic mass is 10.1. The molecule has 4 rings (SSSR count). The van der Waals surface area contributed by atoms with Crippen molar-refractivity contribution in [1.29, 1.82) is 0 Å². The monoisotopic (exact) mass is 345 g/mol. The number of carbonyl (C=O) groups excluding carboxylic acids is 1. The zero-order valence-corrected chi connectivity index (χ0v) is 13.7. The molecule has 0 fully saturated rings. The normalized spacial score (nSPS) is 12.0. The molecule has 1 N–H and O–H groups in total. The van der Waals surface area contributed by atoms with Crippen LogP contribution in [0.1, 0.15) is 27.9 Å². The van der Waals surface area contributed by atoms with E-state index in [0.717, 1.165) is 16.5 Å². The van der Waals surface area contributed by atoms with Crippen LogP contribution in [-0.4, -0.2) is 10.9 Å². The van der Waals surface area contributed by atoms with Gasteiger partial charge in [-0.05, 0) is 35.9 Å². The Balaban J connectivity index is 1.74. The quantitative estimate of drug-likeness (QED) is 0.455. The van der Waals surface area contributed by atoms with Crippen molar-refractivity contribution in [3.05, 3.63) is 101 Å². The molecule has 6 heteroatoms. The lowest BCUT2D eigenvalue weighted by Gasteiger charge is -2.16. The first-order chi connectivity index (χ1) is 12.7. The van der Waals surface area contributed by atoms with Crippen LogP contribution < -0.4 is 10.0 Å². The molecule has 0 unspecified atom stereocenters. The number of aromatic nitrogens is 2. The molecule has 1 aromatic carbocycles. The Kier molecular flexibility index (Phi) is 4.07. The highest BCUT2D eigenvalue weighted by Gasteiger charge is 2.24. The van der Waals surface area contributed by atoms with E-state index in [1.54, 1.807) is 36.7 Å². The van der Waals surface area contributed by atoms with E-state index in [2.05, 4.69) is 10.3 Å². The number of amides is 1. The third-order valence-electron chi connectivity index (χ3n) is 4.10. The van der Waals surface area contributed by atoms with Gasteiger partial charge < -0.3 is 14.9 Å². The van der Waals surface area contributed by atoms with Crippen LogP contribution in [0.3, 0.4) is 0 Å². The van der Waals surface area contributed by atoms with Gasteiger partial charge in [-0.15, -0.1) is 0 Å². The molecular weight excluding hydrogens is 330 g/mol. The third kappa shape index (κ3) is 3.00. The Morgan fingerprint density at radius 3 is 2.62 bits per heavy atom. The van der Waals surface area contributed by atoms with Crippen molar-refractivity contribution < 1.29 is 13.9 Å². The molecule has 0 aliphatic rings. The minimum atomic E-state index is -0.543. The van der Waals surface area contributed by atoms with Crippen LogP contribution in [0.4, 0.5) is 0 Å². The number of hydrogen-bond donors (Lipinski definition) is 1. The second-order valence-electron chi connectivity index (χ2n) is 5.79. The molecular formula is C20H15N3O3. The van der Waals surface area contributed by atoms with Gasteiger partial charge in [-0.2, -0.15) is 4.73 Å². The number of nitrogens with one attached hydrogen (secondary N) is 1. The number of rotatable bonds is 4. The zero-order chi connectivity index (χ0) is 17.9. The van der Waals surface area contributed by atoms with Gasteiger partial charge in [0.25, 0.3) is 5.69 Å². The highest BCUT2D eigenvalue weighted by atomic mass is 16.5. The first-order valence-corrected chi connectivity index (χ1v) is 8.10. The highest BCUT2D eigenvalue weighted by molar-refractivity contribution is 5.91. The van der Waals surface area contributed by atoms with Crippen molar-refractivity contribution in [2.75, 3.05) is 0 Å². The van der Waals surface area contributed by atoms with E-state index >= 15 is 0 Å². The van der Waals surface area contributed by atoms with Crippen molar-refractivity contribution in [1.82, 2.24) is 10.3 Å². The second kappa shape index (κ2) is 6.68. The summed E-state index contributed by atoms with van der Waals surface area (Å²) >= 11 is 0. The number of benzene rings is 1. The van der Waals surface area contributed by atoms with E-state index < -0.39 is 11.9 Å². The molecule has 26 heavy (non-hydrogen) atoms. The zero-order valence-electron chi connectivity index (χ0n) is 13.7. The summed E-state index contributed by atoms with van der Waals surface area (Å²) in [5.41, 5.74) is 1.55. The Morgan fingerprint density at radius 2 is 1.85 bits per heavy atom. The smallest absolute Gasteiger partial charge is 0.318 e. The number of pyridine rings is 2. The molecule has 0 radical (unpaired) electrons. The second-order valence-corrected chi connectivity index (χ2v) is 5.79. The minimum absolute atomic E-state index is 0.0164. The predicted molar refractivity (Wildman–Crippen MR) is 95.2 cm³/mol. The standard InChI is InChI=1S/C20H15N3O3/c24-20(16-6-3-4-12-23(16)25)22-19(14-8-10-21-11-9-14)18-13-15-5-1-2-7-17(15)26-18/h1-13,19H,(H,22,24)/t19-/m1/s1. The maximum absolute atomic E-state index is 12.6. The van der Waals surface area contributed by atoms with Crippen LogP contribution >= 0.6 is 0 Å². The van der Waals surface area contributed by atoms with Gasteiger partial charge in [0, 0.05) is 29.9 Å². The first-order valence-electron chi connectivity index (χ1n) is 8.10. The largest absolute Gasteiger partial charge is 0.618 e. The number of nitrogens with zero attached hydrogens (tertiary/aromatic N) is 2. The van der Waals surface area contributed by atoms with Gasteiger partial charge in [0.1, 0.15) is 17.4 Å². The Labute approximate surface area is 149 Å². The number of para-hydroxylation sites is 1. The molecule has 0 spiro atoms. The summed E-state index contributed by atoms with van der Waals surface area (Å²) in [5.74, 6) is 0.0991. The van der Waals surface area contributed by atoms with Crippen molar-refractivity contribution in [2.45, 2.75) is 6.04 Å². The van der Waals surface area contributed by atoms with Crippen LogP contribution in [0, 0.1) is 5.21 Å². The topological polar surface area (TPSA) is 82.1 Å². The fourth-order valence-electron chi connectivity index (χ4n) is 2.83. The first kappa shape index (κ1) is 15.8. The number of hydrogen-bond acceptors (Lipinski definition) is 4. The van der Waals surface area contributed by atoms with E-state index in [1.165, 1.54) is 12.3 Å². The molecule has 4 aromatic rings. The molecule has 1 atom stereocenters. The lowest BCUT2D eigenvalue weighted by Crippen LogP contribution is -2.40. The predicted octanol–water partition coefficient (Wildman–Crippen LogP) is 2.98. The van der Waals surface area contributed by atoms with Gasteiger partial charge in [-0.25, -0.2) is 0 Å². The summed E-state index contributed by atoms with van der Waals surface area (Å²) in [7, 11) is 0. The van der Waals surface area contributed by atoms with Crippen molar-refractivity contribution in [3.63, 3.8) is 0 Å². The summed E-state index contributed by atoms with van der Waals surface area (Å²) in [6.45, 7) is 0. The van der Waals surface area contributed by atoms with Crippen LogP contribution in [0.15, 0.2) is 83.7 Å².